The molecule has 0 N–H and O–H groups in total. The van der Waals surface area contributed by atoms with Crippen molar-refractivity contribution in [1.82, 2.24) is 0 Å². The zero-order valence-electron chi connectivity index (χ0n) is 32.5. The summed E-state index contributed by atoms with van der Waals surface area (Å²) in [6.45, 7) is 9.50. The topological polar surface area (TPSA) is 0 Å². The van der Waals surface area contributed by atoms with Crippen molar-refractivity contribution in [2.75, 3.05) is 0 Å². The molecule has 10 rings (SSSR count). The highest BCUT2D eigenvalue weighted by atomic mass is 28.3. The van der Waals surface area contributed by atoms with Crippen molar-refractivity contribution < 1.29 is 0 Å². The molecule has 56 heavy (non-hydrogen) atoms. The summed E-state index contributed by atoms with van der Waals surface area (Å²) >= 11 is 0. The Balaban J connectivity index is 1.35. The SMILES string of the molecule is C/C=c1/cccc/c1=C(/CC)c1ccc2c(-c3cccc(-c4ccc5ccccc5c4)c3)c3cc4c(cc3c(-c3ccccc3)c2c1)[Si](C)(C)c1ccccc1-4. The Hall–Kier alpha value is -6.28. The van der Waals surface area contributed by atoms with Gasteiger partial charge in [0.25, 0.3) is 0 Å². The summed E-state index contributed by atoms with van der Waals surface area (Å²) in [5.74, 6) is 0. The van der Waals surface area contributed by atoms with Crippen molar-refractivity contribution in [3.05, 3.63) is 192 Å². The fourth-order valence-corrected chi connectivity index (χ4v) is 12.7. The first-order chi connectivity index (χ1) is 27.4. The van der Waals surface area contributed by atoms with Crippen LogP contribution in [0.1, 0.15) is 25.8 Å². The highest BCUT2D eigenvalue weighted by Crippen LogP contribution is 2.47. The summed E-state index contributed by atoms with van der Waals surface area (Å²) in [5, 5.41) is 13.4. The number of hydrogen-bond donors (Lipinski definition) is 0. The van der Waals surface area contributed by atoms with Gasteiger partial charge in [0, 0.05) is 0 Å². The van der Waals surface area contributed by atoms with E-state index in [-0.39, 0.29) is 0 Å². The Kier molecular flexibility index (Phi) is 8.24. The van der Waals surface area contributed by atoms with Gasteiger partial charge in [-0.3, -0.25) is 0 Å². The molecule has 9 aromatic carbocycles. The molecule has 0 aromatic heterocycles. The predicted octanol–water partition coefficient (Wildman–Crippen LogP) is 12.4. The van der Waals surface area contributed by atoms with Crippen LogP contribution in [0.25, 0.3) is 88.5 Å². The third kappa shape index (κ3) is 5.41. The zero-order chi connectivity index (χ0) is 38.0. The third-order valence-electron chi connectivity index (χ3n) is 12.4. The molecule has 0 bridgehead atoms. The molecule has 0 nitrogen and oxygen atoms in total. The number of benzene rings is 9. The van der Waals surface area contributed by atoms with E-state index in [9.17, 15) is 0 Å². The lowest BCUT2D eigenvalue weighted by molar-refractivity contribution is 1.21. The lowest BCUT2D eigenvalue weighted by Gasteiger charge is -2.23. The highest BCUT2D eigenvalue weighted by Gasteiger charge is 2.38. The number of fused-ring (bicyclic) bond motifs is 6. The molecule has 1 heterocycles. The normalized spacial score (nSPS) is 14.0. The van der Waals surface area contributed by atoms with Crippen molar-refractivity contribution in [3.63, 3.8) is 0 Å². The van der Waals surface area contributed by atoms with Gasteiger partial charge in [-0.1, -0.05) is 178 Å². The van der Waals surface area contributed by atoms with Gasteiger partial charge in [-0.2, -0.15) is 0 Å². The first-order valence-corrected chi connectivity index (χ1v) is 23.0. The summed E-state index contributed by atoms with van der Waals surface area (Å²) in [6.07, 6.45) is 3.18. The Morgan fingerprint density at radius 1 is 0.464 bits per heavy atom. The van der Waals surface area contributed by atoms with Gasteiger partial charge in [-0.05, 0) is 146 Å². The second kappa shape index (κ2) is 13.5. The lowest BCUT2D eigenvalue weighted by Crippen LogP contribution is -2.49. The van der Waals surface area contributed by atoms with E-state index in [0.29, 0.717) is 0 Å². The molecule has 268 valence electrons. The Bertz CT molecular complexity index is 3150. The molecule has 1 aliphatic rings. The average Bonchev–Trinajstić information content (AvgIpc) is 3.47. The molecule has 0 unspecified atom stereocenters. The van der Waals surface area contributed by atoms with Crippen LogP contribution in [0, 0.1) is 0 Å². The van der Waals surface area contributed by atoms with Crippen LogP contribution >= 0.6 is 0 Å². The largest absolute Gasteiger partial charge is 0.113 e. The van der Waals surface area contributed by atoms with Gasteiger partial charge in [0.15, 0.2) is 0 Å². The van der Waals surface area contributed by atoms with Gasteiger partial charge in [0.1, 0.15) is 8.07 Å². The van der Waals surface area contributed by atoms with E-state index >= 15 is 0 Å². The van der Waals surface area contributed by atoms with E-state index in [4.69, 9.17) is 0 Å². The Morgan fingerprint density at radius 3 is 1.96 bits per heavy atom. The molecule has 0 aliphatic carbocycles. The van der Waals surface area contributed by atoms with Crippen LogP contribution < -0.4 is 20.8 Å². The Labute approximate surface area is 330 Å². The van der Waals surface area contributed by atoms with Crippen LogP contribution in [0.2, 0.25) is 13.1 Å². The van der Waals surface area contributed by atoms with Gasteiger partial charge in [0.05, 0.1) is 0 Å². The van der Waals surface area contributed by atoms with Crippen LogP contribution in [-0.2, 0) is 0 Å². The molecule has 0 atom stereocenters. The minimum Gasteiger partial charge on any atom is -0.0798 e. The molecular weight excluding hydrogens is 689 g/mol. The second-order valence-electron chi connectivity index (χ2n) is 15.8. The van der Waals surface area contributed by atoms with Gasteiger partial charge in [-0.25, -0.2) is 0 Å². The molecule has 1 aliphatic heterocycles. The highest BCUT2D eigenvalue weighted by molar-refractivity contribution is 7.04. The fraction of sp³-hybridized carbons (Fsp3) is 0.0909. The van der Waals surface area contributed by atoms with Crippen molar-refractivity contribution in [1.29, 1.82) is 0 Å². The average molecular weight is 733 g/mol. The summed E-state index contributed by atoms with van der Waals surface area (Å²) in [7, 11) is -1.96. The van der Waals surface area contributed by atoms with E-state index in [2.05, 4.69) is 209 Å². The van der Waals surface area contributed by atoms with Crippen LogP contribution in [0.3, 0.4) is 0 Å². The van der Waals surface area contributed by atoms with Crippen molar-refractivity contribution in [3.8, 4) is 44.5 Å². The smallest absolute Gasteiger partial charge is 0.0798 e. The van der Waals surface area contributed by atoms with Crippen LogP contribution in [0.4, 0.5) is 0 Å². The van der Waals surface area contributed by atoms with E-state index in [1.807, 2.05) is 0 Å². The molecule has 9 aromatic rings. The maximum absolute atomic E-state index is 2.60. The van der Waals surface area contributed by atoms with E-state index in [1.165, 1.54) is 109 Å². The summed E-state index contributed by atoms with van der Waals surface area (Å²) in [6, 6.07) is 66.4. The van der Waals surface area contributed by atoms with Gasteiger partial charge >= 0.3 is 0 Å². The molecular formula is C55H44Si. The zero-order valence-corrected chi connectivity index (χ0v) is 33.5. The minimum absolute atomic E-state index is 0.941. The lowest BCUT2D eigenvalue weighted by atomic mass is 9.83. The number of hydrogen-bond acceptors (Lipinski definition) is 0. The monoisotopic (exact) mass is 732 g/mol. The van der Waals surface area contributed by atoms with Crippen LogP contribution in [-0.4, -0.2) is 8.07 Å². The summed E-state index contributed by atoms with van der Waals surface area (Å²) in [5.41, 5.74) is 13.0. The van der Waals surface area contributed by atoms with Gasteiger partial charge in [0.2, 0.25) is 0 Å². The van der Waals surface area contributed by atoms with Gasteiger partial charge in [-0.15, -0.1) is 0 Å². The summed E-state index contributed by atoms with van der Waals surface area (Å²) in [4.78, 5) is 0. The quantitative estimate of drug-likeness (QED) is 0.122. The molecule has 1 heteroatoms. The first-order valence-electron chi connectivity index (χ1n) is 20.0. The van der Waals surface area contributed by atoms with Crippen molar-refractivity contribution in [2.45, 2.75) is 33.4 Å². The fourth-order valence-electron chi connectivity index (χ4n) is 9.63. The molecule has 0 spiro atoms. The minimum atomic E-state index is -1.96. The van der Waals surface area contributed by atoms with Crippen molar-refractivity contribution >= 4 is 62.4 Å². The number of rotatable bonds is 5. The molecule has 0 fully saturated rings. The van der Waals surface area contributed by atoms with E-state index < -0.39 is 8.07 Å². The Morgan fingerprint density at radius 2 is 1.12 bits per heavy atom. The standard InChI is InChI=1S/C55H44Si/c1-5-36-17-12-13-24-45(36)44(6-2)42-29-30-47-49(33-42)54(38-19-8-7-9-20-38)51-35-53-48(46-25-14-15-26-52(46)56(53,3)4)34-50(51)55(47)43-23-16-22-40(32-43)41-28-27-37-18-10-11-21-39(37)31-41/h5,7-35H,6H2,1-4H3/b36-5-,45-44+. The molecule has 0 saturated heterocycles. The van der Waals surface area contributed by atoms with Crippen molar-refractivity contribution in [2.24, 2.45) is 0 Å². The van der Waals surface area contributed by atoms with E-state index in [1.54, 1.807) is 0 Å². The molecule has 0 amide bonds. The van der Waals surface area contributed by atoms with Crippen LogP contribution in [0.15, 0.2) is 176 Å². The predicted molar refractivity (Wildman–Crippen MR) is 246 cm³/mol. The van der Waals surface area contributed by atoms with Gasteiger partial charge < -0.3 is 0 Å². The first kappa shape index (κ1) is 34.2. The molecule has 0 saturated carbocycles. The third-order valence-corrected chi connectivity index (χ3v) is 16.0. The molecule has 0 radical (unpaired) electrons. The summed E-state index contributed by atoms with van der Waals surface area (Å²) < 4.78 is 0. The van der Waals surface area contributed by atoms with E-state index in [0.717, 1.165) is 6.42 Å². The second-order valence-corrected chi connectivity index (χ2v) is 20.2. The van der Waals surface area contributed by atoms with Crippen LogP contribution in [0.5, 0.6) is 0 Å². The maximum atomic E-state index is 2.60. The maximum Gasteiger partial charge on any atom is 0.113 e.